The molecule has 0 aromatic heterocycles. The zero-order valence-corrected chi connectivity index (χ0v) is 17.6. The van der Waals surface area contributed by atoms with Crippen LogP contribution in [-0.2, 0) is 19.7 Å². The third-order valence-corrected chi connectivity index (χ3v) is 5.59. The Kier molecular flexibility index (Phi) is 6.55. The lowest BCUT2D eigenvalue weighted by Crippen LogP contribution is -2.44. The zero-order chi connectivity index (χ0) is 21.0. The second-order valence-electron chi connectivity index (χ2n) is 6.76. The van der Waals surface area contributed by atoms with Crippen LogP contribution in [0.4, 0.5) is 5.69 Å². The molecule has 0 heterocycles. The number of ether oxygens (including phenoxy) is 3. The first-order chi connectivity index (χ1) is 13.9. The molecule has 1 aliphatic carbocycles. The molecule has 154 valence electrons. The third-order valence-electron chi connectivity index (χ3n) is 5.06. The SMILES string of the molecule is COc1cc(OC)c(NC(=O)COC(=O)C2(c3cccc(Cl)c3)CCC2)cc1Cl. The van der Waals surface area contributed by atoms with Crippen molar-refractivity contribution in [2.24, 2.45) is 0 Å². The van der Waals surface area contributed by atoms with Crippen molar-refractivity contribution in [1.29, 1.82) is 0 Å². The molecule has 1 aliphatic rings. The monoisotopic (exact) mass is 437 g/mol. The Balaban J connectivity index is 1.66. The summed E-state index contributed by atoms with van der Waals surface area (Å²) in [7, 11) is 2.94. The number of hydrogen-bond donors (Lipinski definition) is 1. The van der Waals surface area contributed by atoms with Crippen molar-refractivity contribution in [2.45, 2.75) is 24.7 Å². The van der Waals surface area contributed by atoms with Crippen molar-refractivity contribution >= 4 is 40.8 Å². The van der Waals surface area contributed by atoms with Crippen LogP contribution in [-0.4, -0.2) is 32.7 Å². The van der Waals surface area contributed by atoms with Crippen molar-refractivity contribution in [1.82, 2.24) is 0 Å². The van der Waals surface area contributed by atoms with Crippen LogP contribution >= 0.6 is 23.2 Å². The molecule has 2 aromatic carbocycles. The molecule has 0 radical (unpaired) electrons. The summed E-state index contributed by atoms with van der Waals surface area (Å²) in [6, 6.07) is 10.3. The lowest BCUT2D eigenvalue weighted by molar-refractivity contribution is -0.156. The van der Waals surface area contributed by atoms with E-state index in [1.54, 1.807) is 24.3 Å². The summed E-state index contributed by atoms with van der Waals surface area (Å²) in [5.41, 5.74) is 0.421. The van der Waals surface area contributed by atoms with Gasteiger partial charge in [0.2, 0.25) is 0 Å². The molecule has 1 amide bonds. The van der Waals surface area contributed by atoms with E-state index in [-0.39, 0.29) is 0 Å². The fraction of sp³-hybridized carbons (Fsp3) is 0.333. The van der Waals surface area contributed by atoms with Crippen LogP contribution in [0.1, 0.15) is 24.8 Å². The predicted molar refractivity (Wildman–Crippen MR) is 111 cm³/mol. The van der Waals surface area contributed by atoms with E-state index in [2.05, 4.69) is 5.32 Å². The zero-order valence-electron chi connectivity index (χ0n) is 16.1. The number of nitrogens with one attached hydrogen (secondary N) is 1. The van der Waals surface area contributed by atoms with Gasteiger partial charge in [-0.15, -0.1) is 0 Å². The molecule has 6 nitrogen and oxygen atoms in total. The van der Waals surface area contributed by atoms with E-state index < -0.39 is 23.9 Å². The summed E-state index contributed by atoms with van der Waals surface area (Å²) in [6.45, 7) is -0.423. The van der Waals surface area contributed by atoms with Gasteiger partial charge in [-0.2, -0.15) is 0 Å². The first-order valence-electron chi connectivity index (χ1n) is 9.04. The van der Waals surface area contributed by atoms with Crippen LogP contribution in [0.3, 0.4) is 0 Å². The van der Waals surface area contributed by atoms with Gasteiger partial charge in [0.15, 0.2) is 6.61 Å². The Labute approximate surface area is 179 Å². The number of hydrogen-bond acceptors (Lipinski definition) is 5. The van der Waals surface area contributed by atoms with Gasteiger partial charge >= 0.3 is 5.97 Å². The van der Waals surface area contributed by atoms with Crippen molar-refractivity contribution in [3.05, 3.63) is 52.0 Å². The molecule has 0 spiro atoms. The van der Waals surface area contributed by atoms with E-state index in [9.17, 15) is 9.59 Å². The smallest absolute Gasteiger partial charge is 0.317 e. The van der Waals surface area contributed by atoms with Crippen LogP contribution in [0.5, 0.6) is 11.5 Å². The molecular formula is C21H21Cl2NO5. The Morgan fingerprint density at radius 3 is 2.38 bits per heavy atom. The summed E-state index contributed by atoms with van der Waals surface area (Å²) in [6.07, 6.45) is 2.24. The van der Waals surface area contributed by atoms with Crippen LogP contribution in [0.15, 0.2) is 36.4 Å². The highest BCUT2D eigenvalue weighted by atomic mass is 35.5. The molecule has 0 atom stereocenters. The molecule has 0 aliphatic heterocycles. The number of anilines is 1. The van der Waals surface area contributed by atoms with Gasteiger partial charge in [-0.05, 0) is 36.6 Å². The molecule has 3 rings (SSSR count). The lowest BCUT2D eigenvalue weighted by Gasteiger charge is -2.39. The molecule has 1 fully saturated rings. The van der Waals surface area contributed by atoms with Gasteiger partial charge < -0.3 is 19.5 Å². The van der Waals surface area contributed by atoms with Gasteiger partial charge in [-0.3, -0.25) is 9.59 Å². The van der Waals surface area contributed by atoms with Gasteiger partial charge in [0, 0.05) is 11.1 Å². The third kappa shape index (κ3) is 4.43. The molecule has 2 aromatic rings. The topological polar surface area (TPSA) is 73.9 Å². The summed E-state index contributed by atoms with van der Waals surface area (Å²) in [5.74, 6) is -0.138. The highest BCUT2D eigenvalue weighted by Crippen LogP contribution is 2.45. The lowest BCUT2D eigenvalue weighted by atomic mass is 9.64. The summed E-state index contributed by atoms with van der Waals surface area (Å²) < 4.78 is 15.7. The van der Waals surface area contributed by atoms with E-state index in [4.69, 9.17) is 37.4 Å². The highest BCUT2D eigenvalue weighted by molar-refractivity contribution is 6.32. The molecule has 1 N–H and O–H groups in total. The maximum Gasteiger partial charge on any atom is 0.317 e. The minimum Gasteiger partial charge on any atom is -0.495 e. The van der Waals surface area contributed by atoms with Gasteiger partial charge in [0.25, 0.3) is 5.91 Å². The molecule has 0 saturated heterocycles. The second-order valence-corrected chi connectivity index (χ2v) is 7.60. The molecule has 8 heteroatoms. The van der Waals surface area contributed by atoms with Gasteiger partial charge in [0.05, 0.1) is 30.3 Å². The largest absolute Gasteiger partial charge is 0.495 e. The number of esters is 1. The predicted octanol–water partition coefficient (Wildman–Crippen LogP) is 4.61. The van der Waals surface area contributed by atoms with E-state index in [0.29, 0.717) is 40.1 Å². The molecular weight excluding hydrogens is 417 g/mol. The van der Waals surface area contributed by atoms with Crippen molar-refractivity contribution in [3.8, 4) is 11.5 Å². The van der Waals surface area contributed by atoms with E-state index in [1.807, 2.05) is 6.07 Å². The minimum absolute atomic E-state index is 0.315. The van der Waals surface area contributed by atoms with Crippen molar-refractivity contribution < 1.29 is 23.8 Å². The van der Waals surface area contributed by atoms with Crippen molar-refractivity contribution in [3.63, 3.8) is 0 Å². The number of benzene rings is 2. The van der Waals surface area contributed by atoms with E-state index >= 15 is 0 Å². The summed E-state index contributed by atoms with van der Waals surface area (Å²) >= 11 is 12.2. The first-order valence-corrected chi connectivity index (χ1v) is 9.80. The Bertz CT molecular complexity index is 927. The molecule has 29 heavy (non-hydrogen) atoms. The number of carbonyl (C=O) groups excluding carboxylic acids is 2. The molecule has 1 saturated carbocycles. The Hall–Kier alpha value is -2.44. The summed E-state index contributed by atoms with van der Waals surface area (Å²) in [4.78, 5) is 25.1. The number of amides is 1. The minimum atomic E-state index is -0.744. The summed E-state index contributed by atoms with van der Waals surface area (Å²) in [5, 5.41) is 3.52. The van der Waals surface area contributed by atoms with Crippen molar-refractivity contribution in [2.75, 3.05) is 26.1 Å². The first kappa shape index (κ1) is 21.3. The van der Waals surface area contributed by atoms with Crippen LogP contribution in [0.25, 0.3) is 0 Å². The van der Waals surface area contributed by atoms with Crippen LogP contribution < -0.4 is 14.8 Å². The molecule has 0 unspecified atom stereocenters. The average Bonchev–Trinajstić information content (AvgIpc) is 2.66. The standard InChI is InChI=1S/C21H21Cl2NO5/c1-27-17-11-18(28-2)16(10-15(17)23)24-19(25)12-29-20(26)21(7-4-8-21)13-5-3-6-14(22)9-13/h3,5-6,9-11H,4,7-8,12H2,1-2H3,(H,24,25). The van der Waals surface area contributed by atoms with Crippen LogP contribution in [0.2, 0.25) is 10.0 Å². The fourth-order valence-corrected chi connectivity index (χ4v) is 3.77. The molecule has 0 bridgehead atoms. The van der Waals surface area contributed by atoms with E-state index in [1.165, 1.54) is 20.3 Å². The number of carbonyl (C=O) groups is 2. The maximum absolute atomic E-state index is 12.8. The van der Waals surface area contributed by atoms with Gasteiger partial charge in [-0.25, -0.2) is 0 Å². The van der Waals surface area contributed by atoms with Gasteiger partial charge in [0.1, 0.15) is 11.5 Å². The normalized spacial score (nSPS) is 14.5. The number of halogens is 2. The van der Waals surface area contributed by atoms with E-state index in [0.717, 1.165) is 12.0 Å². The Morgan fingerprint density at radius 2 is 1.79 bits per heavy atom. The quantitative estimate of drug-likeness (QED) is 0.639. The Morgan fingerprint density at radius 1 is 1.07 bits per heavy atom. The second kappa shape index (κ2) is 8.93. The number of rotatable bonds is 7. The number of methoxy groups -OCH3 is 2. The maximum atomic E-state index is 12.8. The average molecular weight is 438 g/mol. The fourth-order valence-electron chi connectivity index (χ4n) is 3.34. The van der Waals surface area contributed by atoms with Crippen LogP contribution in [0, 0.1) is 0 Å². The highest BCUT2D eigenvalue weighted by Gasteiger charge is 2.47. The van der Waals surface area contributed by atoms with Gasteiger partial charge in [-0.1, -0.05) is 41.8 Å².